The number of hydrogen-bond donors (Lipinski definition) is 7. The largest absolute Gasteiger partial charge is 0.480 e. The SMILES string of the molecule is CC(O)C(N)C(=O)NC(CCC(N)=O)C(=O)NCC(=O)NCC(=O)O. The maximum atomic E-state index is 12.0. The zero-order valence-electron chi connectivity index (χ0n) is 13.7. The van der Waals surface area contributed by atoms with Crippen LogP contribution < -0.4 is 27.4 Å². The van der Waals surface area contributed by atoms with Crippen LogP contribution in [0.15, 0.2) is 0 Å². The normalized spacial score (nSPS) is 13.9. The van der Waals surface area contributed by atoms with Crippen molar-refractivity contribution in [3.8, 4) is 0 Å². The summed E-state index contributed by atoms with van der Waals surface area (Å²) in [5.41, 5.74) is 10.5. The number of aliphatic carboxylic acids is 1. The molecule has 0 saturated carbocycles. The number of carbonyl (C=O) groups excluding carboxylic acids is 4. The summed E-state index contributed by atoms with van der Waals surface area (Å²) in [6.45, 7) is 0.146. The highest BCUT2D eigenvalue weighted by atomic mass is 16.4. The molecule has 0 rings (SSSR count). The molecule has 0 bridgehead atoms. The standard InChI is InChI=1S/C13H23N5O7/c1-6(19)11(15)13(25)18-7(2-3-8(14)20)12(24)17-4-9(21)16-5-10(22)23/h6-7,11,19H,2-5,15H2,1H3,(H2,14,20)(H,16,21)(H,17,24)(H,18,25)(H,22,23). The van der Waals surface area contributed by atoms with E-state index in [0.717, 1.165) is 0 Å². The van der Waals surface area contributed by atoms with E-state index < -0.39 is 60.9 Å². The quantitative estimate of drug-likeness (QED) is 0.191. The zero-order valence-corrected chi connectivity index (χ0v) is 13.7. The molecule has 12 heteroatoms. The predicted molar refractivity (Wildman–Crippen MR) is 83.7 cm³/mol. The van der Waals surface area contributed by atoms with E-state index in [9.17, 15) is 29.1 Å². The van der Waals surface area contributed by atoms with Gasteiger partial charge in [-0.2, -0.15) is 0 Å². The van der Waals surface area contributed by atoms with Gasteiger partial charge in [-0.15, -0.1) is 0 Å². The monoisotopic (exact) mass is 361 g/mol. The Labute approximate surface area is 143 Å². The van der Waals surface area contributed by atoms with Crippen molar-refractivity contribution < 1.29 is 34.2 Å². The van der Waals surface area contributed by atoms with Crippen LogP contribution in [0.3, 0.4) is 0 Å². The van der Waals surface area contributed by atoms with E-state index in [-0.39, 0.29) is 12.8 Å². The molecule has 0 aromatic heterocycles. The van der Waals surface area contributed by atoms with Crippen molar-refractivity contribution in [3.63, 3.8) is 0 Å². The molecule has 0 aliphatic heterocycles. The van der Waals surface area contributed by atoms with Crippen LogP contribution in [0.25, 0.3) is 0 Å². The van der Waals surface area contributed by atoms with E-state index in [4.69, 9.17) is 16.6 Å². The Bertz CT molecular complexity index is 523. The number of carboxylic acid groups (broad SMARTS) is 1. The van der Waals surface area contributed by atoms with E-state index in [1.54, 1.807) is 0 Å². The van der Waals surface area contributed by atoms with E-state index in [1.165, 1.54) is 6.92 Å². The summed E-state index contributed by atoms with van der Waals surface area (Å²) >= 11 is 0. The Morgan fingerprint density at radius 1 is 1.04 bits per heavy atom. The van der Waals surface area contributed by atoms with E-state index >= 15 is 0 Å². The third-order valence-electron chi connectivity index (χ3n) is 2.99. The maximum absolute atomic E-state index is 12.0. The van der Waals surface area contributed by atoms with Crippen molar-refractivity contribution in [1.82, 2.24) is 16.0 Å². The minimum Gasteiger partial charge on any atom is -0.480 e. The van der Waals surface area contributed by atoms with Crippen LogP contribution in [-0.4, -0.2) is 71.1 Å². The third-order valence-corrected chi connectivity index (χ3v) is 2.99. The highest BCUT2D eigenvalue weighted by molar-refractivity contribution is 5.92. The second-order valence-corrected chi connectivity index (χ2v) is 5.22. The molecular weight excluding hydrogens is 338 g/mol. The minimum absolute atomic E-state index is 0.143. The smallest absolute Gasteiger partial charge is 0.322 e. The lowest BCUT2D eigenvalue weighted by Crippen LogP contribution is -2.55. The second kappa shape index (κ2) is 10.9. The van der Waals surface area contributed by atoms with Crippen LogP contribution >= 0.6 is 0 Å². The van der Waals surface area contributed by atoms with Gasteiger partial charge in [-0.3, -0.25) is 24.0 Å². The van der Waals surface area contributed by atoms with Gasteiger partial charge in [0.15, 0.2) is 0 Å². The highest BCUT2D eigenvalue weighted by Crippen LogP contribution is 1.99. The van der Waals surface area contributed by atoms with Gasteiger partial charge in [0.25, 0.3) is 0 Å². The number of carbonyl (C=O) groups is 5. The summed E-state index contributed by atoms with van der Waals surface area (Å²) in [4.78, 5) is 56.4. The molecule has 0 aliphatic carbocycles. The van der Waals surface area contributed by atoms with Crippen LogP contribution in [0.2, 0.25) is 0 Å². The fraction of sp³-hybridized carbons (Fsp3) is 0.615. The van der Waals surface area contributed by atoms with Crippen molar-refractivity contribution in [3.05, 3.63) is 0 Å². The molecule has 0 aromatic carbocycles. The van der Waals surface area contributed by atoms with Gasteiger partial charge < -0.3 is 37.6 Å². The van der Waals surface area contributed by atoms with Gasteiger partial charge in [0.05, 0.1) is 12.6 Å². The lowest BCUT2D eigenvalue weighted by molar-refractivity contribution is -0.138. The predicted octanol–water partition coefficient (Wildman–Crippen LogP) is -4.24. The van der Waals surface area contributed by atoms with Crippen LogP contribution in [0.4, 0.5) is 0 Å². The number of primary amides is 1. The molecule has 4 amide bonds. The molecule has 0 aliphatic rings. The summed E-state index contributed by atoms with van der Waals surface area (Å²) in [5, 5.41) is 24.2. The summed E-state index contributed by atoms with van der Waals surface area (Å²) in [6.07, 6.45) is -1.52. The van der Waals surface area contributed by atoms with Crippen LogP contribution in [0.5, 0.6) is 0 Å². The molecular formula is C13H23N5O7. The summed E-state index contributed by atoms with van der Waals surface area (Å²) < 4.78 is 0. The van der Waals surface area contributed by atoms with Gasteiger partial charge in [0.2, 0.25) is 23.6 Å². The summed E-state index contributed by atoms with van der Waals surface area (Å²) in [6, 6.07) is -2.50. The van der Waals surface area contributed by atoms with Gasteiger partial charge in [0, 0.05) is 6.42 Å². The molecule has 0 aromatic rings. The summed E-state index contributed by atoms with van der Waals surface area (Å²) in [5.74, 6) is -4.33. The fourth-order valence-electron chi connectivity index (χ4n) is 1.57. The zero-order chi connectivity index (χ0) is 19.6. The molecule has 0 fully saturated rings. The lowest BCUT2D eigenvalue weighted by atomic mass is 10.1. The van der Waals surface area contributed by atoms with Crippen molar-refractivity contribution >= 4 is 29.6 Å². The fourth-order valence-corrected chi connectivity index (χ4v) is 1.57. The molecule has 0 radical (unpaired) electrons. The van der Waals surface area contributed by atoms with Crippen molar-refractivity contribution in [2.45, 2.75) is 38.0 Å². The number of aliphatic hydroxyl groups excluding tert-OH is 1. The molecule has 3 atom stereocenters. The van der Waals surface area contributed by atoms with Crippen LogP contribution in [0, 0.1) is 0 Å². The molecule has 0 saturated heterocycles. The Kier molecular flexibility index (Phi) is 9.74. The van der Waals surface area contributed by atoms with Crippen molar-refractivity contribution in [2.24, 2.45) is 11.5 Å². The Hall–Kier alpha value is -2.73. The molecule has 0 heterocycles. The number of amides is 4. The number of rotatable bonds is 11. The first-order chi connectivity index (χ1) is 11.5. The van der Waals surface area contributed by atoms with Crippen LogP contribution in [0.1, 0.15) is 19.8 Å². The van der Waals surface area contributed by atoms with Gasteiger partial charge in [-0.1, -0.05) is 0 Å². The lowest BCUT2D eigenvalue weighted by Gasteiger charge is -2.21. The van der Waals surface area contributed by atoms with Crippen LogP contribution in [-0.2, 0) is 24.0 Å². The van der Waals surface area contributed by atoms with E-state index in [0.29, 0.717) is 0 Å². The van der Waals surface area contributed by atoms with Crippen molar-refractivity contribution in [1.29, 1.82) is 0 Å². The highest BCUT2D eigenvalue weighted by Gasteiger charge is 2.26. The summed E-state index contributed by atoms with van der Waals surface area (Å²) in [7, 11) is 0. The average Bonchev–Trinajstić information content (AvgIpc) is 2.52. The van der Waals surface area contributed by atoms with E-state index in [2.05, 4.69) is 10.6 Å². The Balaban J connectivity index is 4.70. The van der Waals surface area contributed by atoms with Crippen molar-refractivity contribution in [2.75, 3.05) is 13.1 Å². The number of carboxylic acids is 1. The third kappa shape index (κ3) is 9.88. The second-order valence-electron chi connectivity index (χ2n) is 5.22. The number of nitrogens with two attached hydrogens (primary N) is 2. The first kappa shape index (κ1) is 22.3. The van der Waals surface area contributed by atoms with Gasteiger partial charge in [-0.25, -0.2) is 0 Å². The average molecular weight is 361 g/mol. The Morgan fingerprint density at radius 3 is 2.12 bits per heavy atom. The van der Waals surface area contributed by atoms with E-state index in [1.807, 2.05) is 5.32 Å². The maximum Gasteiger partial charge on any atom is 0.322 e. The minimum atomic E-state index is -1.29. The number of nitrogens with one attached hydrogen (secondary N) is 3. The molecule has 142 valence electrons. The number of aliphatic hydroxyl groups is 1. The van der Waals surface area contributed by atoms with Gasteiger partial charge >= 0.3 is 5.97 Å². The van der Waals surface area contributed by atoms with Gasteiger partial charge in [0.1, 0.15) is 18.6 Å². The van der Waals surface area contributed by atoms with Gasteiger partial charge in [-0.05, 0) is 13.3 Å². The molecule has 25 heavy (non-hydrogen) atoms. The molecule has 9 N–H and O–H groups in total. The first-order valence-corrected chi connectivity index (χ1v) is 7.33. The number of hydrogen-bond acceptors (Lipinski definition) is 7. The Morgan fingerprint density at radius 2 is 1.64 bits per heavy atom. The first-order valence-electron chi connectivity index (χ1n) is 7.33. The molecule has 0 spiro atoms. The topological polar surface area (TPSA) is 214 Å². The molecule has 12 nitrogen and oxygen atoms in total. The molecule has 3 unspecified atom stereocenters.